The Morgan fingerprint density at radius 3 is 2.64 bits per heavy atom. The van der Waals surface area contributed by atoms with Gasteiger partial charge in [0.15, 0.2) is 0 Å². The molecule has 1 atom stereocenters. The van der Waals surface area contributed by atoms with E-state index in [9.17, 15) is 4.79 Å². The minimum atomic E-state index is -0.0804. The monoisotopic (exact) mass is 355 g/mol. The van der Waals surface area contributed by atoms with E-state index in [2.05, 4.69) is 29.3 Å². The van der Waals surface area contributed by atoms with E-state index in [1.54, 1.807) is 0 Å². The largest absolute Gasteiger partial charge is 0.370 e. The van der Waals surface area contributed by atoms with Crippen LogP contribution in [0.4, 0.5) is 5.69 Å². The van der Waals surface area contributed by atoms with Crippen LogP contribution in [0.15, 0.2) is 54.6 Å². The third kappa shape index (κ3) is 3.64. The highest BCUT2D eigenvalue weighted by Gasteiger charge is 2.16. The van der Waals surface area contributed by atoms with Gasteiger partial charge >= 0.3 is 0 Å². The number of carbonyl (C=O) groups excluding carboxylic acids is 1. The maximum atomic E-state index is 12.6. The number of rotatable bonds is 5. The fourth-order valence-electron chi connectivity index (χ4n) is 2.91. The van der Waals surface area contributed by atoms with Gasteiger partial charge in [-0.3, -0.25) is 4.79 Å². The summed E-state index contributed by atoms with van der Waals surface area (Å²) in [6.07, 6.45) is 0. The van der Waals surface area contributed by atoms with Gasteiger partial charge in [-0.25, -0.2) is 0 Å². The van der Waals surface area contributed by atoms with Gasteiger partial charge in [-0.15, -0.1) is 0 Å². The van der Waals surface area contributed by atoms with E-state index < -0.39 is 0 Å². The normalized spacial score (nSPS) is 12.2. The highest BCUT2D eigenvalue weighted by atomic mass is 35.5. The number of nitrogens with one attached hydrogen (secondary N) is 1. The predicted octanol–water partition coefficient (Wildman–Crippen LogP) is 4.09. The van der Waals surface area contributed by atoms with Crippen LogP contribution in [0.2, 0.25) is 5.02 Å². The standard InChI is InChI=1S/C20H22ClN3O/c1-14(23(2)17-7-5-4-6-8-17)13-22-20(25)19-11-15-9-10-16(21)12-18(15)24(19)3/h4-12,14H,13H2,1-3H3,(H,22,25)/t14-/m0/s1. The number of aryl methyl sites for hydroxylation is 1. The second-order valence-electron chi connectivity index (χ2n) is 6.30. The minimum absolute atomic E-state index is 0.0804. The average molecular weight is 356 g/mol. The van der Waals surface area contributed by atoms with Crippen molar-refractivity contribution in [3.05, 3.63) is 65.3 Å². The summed E-state index contributed by atoms with van der Waals surface area (Å²) in [7, 11) is 3.91. The van der Waals surface area contributed by atoms with Crippen molar-refractivity contribution in [1.29, 1.82) is 0 Å². The Labute approximate surface area is 153 Å². The van der Waals surface area contributed by atoms with Crippen molar-refractivity contribution in [2.45, 2.75) is 13.0 Å². The molecule has 1 N–H and O–H groups in total. The van der Waals surface area contributed by atoms with Gasteiger partial charge in [0, 0.05) is 48.3 Å². The molecule has 3 aromatic rings. The molecule has 2 aromatic carbocycles. The Morgan fingerprint density at radius 1 is 1.20 bits per heavy atom. The zero-order valence-corrected chi connectivity index (χ0v) is 15.4. The highest BCUT2D eigenvalue weighted by molar-refractivity contribution is 6.31. The summed E-state index contributed by atoms with van der Waals surface area (Å²) >= 11 is 6.06. The van der Waals surface area contributed by atoms with Crippen LogP contribution in [-0.4, -0.2) is 30.1 Å². The molecule has 0 aliphatic heterocycles. The fraction of sp³-hybridized carbons (Fsp3) is 0.250. The van der Waals surface area contributed by atoms with Crippen molar-refractivity contribution in [3.63, 3.8) is 0 Å². The highest BCUT2D eigenvalue weighted by Crippen LogP contribution is 2.22. The third-order valence-corrected chi connectivity index (χ3v) is 4.86. The van der Waals surface area contributed by atoms with E-state index in [0.29, 0.717) is 17.3 Å². The lowest BCUT2D eigenvalue weighted by atomic mass is 10.2. The minimum Gasteiger partial charge on any atom is -0.370 e. The Bertz CT molecular complexity index is 889. The lowest BCUT2D eigenvalue weighted by molar-refractivity contribution is 0.0944. The topological polar surface area (TPSA) is 37.3 Å². The first kappa shape index (κ1) is 17.4. The molecule has 3 rings (SSSR count). The number of amides is 1. The van der Waals surface area contributed by atoms with Gasteiger partial charge in [-0.05, 0) is 37.3 Å². The second-order valence-corrected chi connectivity index (χ2v) is 6.73. The second kappa shape index (κ2) is 7.19. The molecule has 0 fully saturated rings. The van der Waals surface area contributed by atoms with Gasteiger partial charge in [0.1, 0.15) is 5.69 Å². The predicted molar refractivity (Wildman–Crippen MR) is 105 cm³/mol. The maximum Gasteiger partial charge on any atom is 0.268 e. The molecule has 1 heterocycles. The van der Waals surface area contributed by atoms with Crippen LogP contribution < -0.4 is 10.2 Å². The number of aromatic nitrogens is 1. The van der Waals surface area contributed by atoms with Crippen LogP contribution in [0.1, 0.15) is 17.4 Å². The van der Waals surface area contributed by atoms with E-state index >= 15 is 0 Å². The molecular weight excluding hydrogens is 334 g/mol. The van der Waals surface area contributed by atoms with E-state index in [4.69, 9.17) is 11.6 Å². The first-order chi connectivity index (χ1) is 12.0. The van der Waals surface area contributed by atoms with Gasteiger partial charge in [0.05, 0.1) is 0 Å². The number of hydrogen-bond acceptors (Lipinski definition) is 2. The van der Waals surface area contributed by atoms with E-state index in [0.717, 1.165) is 16.6 Å². The SMILES string of the molecule is C[C@@H](CNC(=O)c1cc2ccc(Cl)cc2n1C)N(C)c1ccccc1. The Kier molecular flexibility index (Phi) is 5.00. The molecule has 0 saturated heterocycles. The van der Waals surface area contributed by atoms with Gasteiger partial charge in [0.25, 0.3) is 5.91 Å². The number of hydrogen-bond donors (Lipinski definition) is 1. The van der Waals surface area contributed by atoms with Gasteiger partial charge in [-0.1, -0.05) is 35.9 Å². The number of halogens is 1. The van der Waals surface area contributed by atoms with Crippen molar-refractivity contribution in [2.24, 2.45) is 7.05 Å². The average Bonchev–Trinajstić information content (AvgIpc) is 2.96. The summed E-state index contributed by atoms with van der Waals surface area (Å²) in [6, 6.07) is 17.9. The molecule has 0 aliphatic rings. The summed E-state index contributed by atoms with van der Waals surface area (Å²) in [5, 5.41) is 4.70. The molecule has 0 bridgehead atoms. The molecule has 0 spiro atoms. The van der Waals surface area contributed by atoms with Crippen molar-refractivity contribution >= 4 is 34.1 Å². The van der Waals surface area contributed by atoms with Crippen LogP contribution in [0, 0.1) is 0 Å². The zero-order chi connectivity index (χ0) is 18.0. The van der Waals surface area contributed by atoms with Crippen LogP contribution in [0.25, 0.3) is 10.9 Å². The van der Waals surface area contributed by atoms with Crippen molar-refractivity contribution in [3.8, 4) is 0 Å². The fourth-order valence-corrected chi connectivity index (χ4v) is 3.07. The quantitative estimate of drug-likeness (QED) is 0.748. The number of anilines is 1. The van der Waals surface area contributed by atoms with Crippen molar-refractivity contribution < 1.29 is 4.79 Å². The first-order valence-corrected chi connectivity index (χ1v) is 8.66. The summed E-state index contributed by atoms with van der Waals surface area (Å²) in [5.74, 6) is -0.0804. The molecule has 0 radical (unpaired) electrons. The summed E-state index contributed by atoms with van der Waals surface area (Å²) in [5.41, 5.74) is 2.71. The molecule has 0 saturated carbocycles. The number of fused-ring (bicyclic) bond motifs is 1. The van der Waals surface area contributed by atoms with Crippen LogP contribution in [0.5, 0.6) is 0 Å². The third-order valence-electron chi connectivity index (χ3n) is 4.62. The van der Waals surface area contributed by atoms with Crippen LogP contribution in [-0.2, 0) is 7.05 Å². The molecule has 0 unspecified atom stereocenters. The zero-order valence-electron chi connectivity index (χ0n) is 14.7. The van der Waals surface area contributed by atoms with Crippen molar-refractivity contribution in [2.75, 3.05) is 18.5 Å². The van der Waals surface area contributed by atoms with Gasteiger partial charge in [-0.2, -0.15) is 0 Å². The molecule has 25 heavy (non-hydrogen) atoms. The molecule has 4 nitrogen and oxygen atoms in total. The van der Waals surface area contributed by atoms with Crippen LogP contribution in [0.3, 0.4) is 0 Å². The Morgan fingerprint density at radius 2 is 1.92 bits per heavy atom. The smallest absolute Gasteiger partial charge is 0.268 e. The molecule has 130 valence electrons. The number of nitrogens with zero attached hydrogens (tertiary/aromatic N) is 2. The summed E-state index contributed by atoms with van der Waals surface area (Å²) in [6.45, 7) is 2.65. The van der Waals surface area contributed by atoms with Crippen molar-refractivity contribution in [1.82, 2.24) is 9.88 Å². The lowest BCUT2D eigenvalue weighted by Crippen LogP contribution is -2.40. The van der Waals surface area contributed by atoms with E-state index in [1.165, 1.54) is 0 Å². The summed E-state index contributed by atoms with van der Waals surface area (Å²) in [4.78, 5) is 14.8. The summed E-state index contributed by atoms with van der Waals surface area (Å²) < 4.78 is 1.88. The van der Waals surface area contributed by atoms with E-state index in [1.807, 2.05) is 61.1 Å². The molecule has 1 aromatic heterocycles. The Hall–Kier alpha value is -2.46. The molecule has 1 amide bonds. The number of carbonyl (C=O) groups is 1. The number of para-hydroxylation sites is 1. The van der Waals surface area contributed by atoms with Gasteiger partial charge < -0.3 is 14.8 Å². The lowest BCUT2D eigenvalue weighted by Gasteiger charge is -2.27. The van der Waals surface area contributed by atoms with Crippen LogP contribution >= 0.6 is 11.6 Å². The Balaban J connectivity index is 1.69. The van der Waals surface area contributed by atoms with E-state index in [-0.39, 0.29) is 11.9 Å². The molecular formula is C20H22ClN3O. The number of likely N-dealkylation sites (N-methyl/N-ethyl adjacent to an activating group) is 1. The van der Waals surface area contributed by atoms with Gasteiger partial charge in [0.2, 0.25) is 0 Å². The number of benzene rings is 2. The maximum absolute atomic E-state index is 12.6. The first-order valence-electron chi connectivity index (χ1n) is 8.28. The molecule has 0 aliphatic carbocycles. The molecule has 5 heteroatoms.